The first-order valence-electron chi connectivity index (χ1n) is 6.56. The number of nitrogens with one attached hydrogen (secondary N) is 1. The van der Waals surface area contributed by atoms with E-state index in [0.717, 1.165) is 36.4 Å². The number of ether oxygens (including phenoxy) is 2. The molecule has 1 N–H and O–H groups in total. The van der Waals surface area contributed by atoms with Crippen LogP contribution in [0.15, 0.2) is 18.3 Å². The van der Waals surface area contributed by atoms with Crippen LogP contribution < -0.4 is 14.8 Å². The summed E-state index contributed by atoms with van der Waals surface area (Å²) >= 11 is 0. The average molecular weight is 262 g/mol. The summed E-state index contributed by atoms with van der Waals surface area (Å²) in [6, 6.07) is 3.93. The third kappa shape index (κ3) is 2.54. The Labute approximate surface area is 114 Å². The second-order valence-electron chi connectivity index (χ2n) is 4.67. The molecule has 1 aromatic heterocycles. The summed E-state index contributed by atoms with van der Waals surface area (Å²) in [5.41, 5.74) is 2.41. The van der Waals surface area contributed by atoms with Crippen molar-refractivity contribution in [3.63, 3.8) is 0 Å². The van der Waals surface area contributed by atoms with Crippen LogP contribution >= 0.6 is 0 Å². The number of hydrogen-bond acceptors (Lipinski definition) is 3. The predicted octanol–water partition coefficient (Wildman–Crippen LogP) is 2.35. The highest BCUT2D eigenvalue weighted by Crippen LogP contribution is 2.36. The maximum atomic E-state index is 5.50. The van der Waals surface area contributed by atoms with Gasteiger partial charge in [0.1, 0.15) is 11.5 Å². The molecular formula is C15H22N2O2. The summed E-state index contributed by atoms with van der Waals surface area (Å²) < 4.78 is 13.1. The van der Waals surface area contributed by atoms with E-state index >= 15 is 0 Å². The Bertz CT molecular complexity index is 561. The number of aromatic nitrogens is 1. The van der Waals surface area contributed by atoms with E-state index < -0.39 is 0 Å². The van der Waals surface area contributed by atoms with Gasteiger partial charge in [-0.3, -0.25) is 0 Å². The number of methoxy groups -OCH3 is 2. The summed E-state index contributed by atoms with van der Waals surface area (Å²) in [6.07, 6.45) is 4.31. The summed E-state index contributed by atoms with van der Waals surface area (Å²) in [6.45, 7) is 1.02. The minimum Gasteiger partial charge on any atom is -0.496 e. The Kier molecular flexibility index (Phi) is 4.32. The standard InChI is InChI=1S/C15H22N2O2/c1-16-9-5-6-11-10-17(2)15-13(19-4)8-7-12(18-3)14(11)15/h7-8,10,16H,5-6,9H2,1-4H3. The number of nitrogens with zero attached hydrogens (tertiary/aromatic N) is 1. The lowest BCUT2D eigenvalue weighted by atomic mass is 10.1. The number of aryl methyl sites for hydroxylation is 2. The van der Waals surface area contributed by atoms with Crippen molar-refractivity contribution in [2.24, 2.45) is 7.05 Å². The lowest BCUT2D eigenvalue weighted by Gasteiger charge is -2.09. The van der Waals surface area contributed by atoms with Gasteiger partial charge in [0.25, 0.3) is 0 Å². The summed E-state index contributed by atoms with van der Waals surface area (Å²) in [7, 11) is 7.44. The monoisotopic (exact) mass is 262 g/mol. The van der Waals surface area contributed by atoms with E-state index in [0.29, 0.717) is 0 Å². The van der Waals surface area contributed by atoms with E-state index in [4.69, 9.17) is 9.47 Å². The molecule has 4 heteroatoms. The molecular weight excluding hydrogens is 240 g/mol. The maximum absolute atomic E-state index is 5.50. The Morgan fingerprint density at radius 3 is 2.47 bits per heavy atom. The minimum absolute atomic E-state index is 0.887. The van der Waals surface area contributed by atoms with Gasteiger partial charge in [-0.05, 0) is 44.1 Å². The third-order valence-corrected chi connectivity index (χ3v) is 3.44. The topological polar surface area (TPSA) is 35.4 Å². The van der Waals surface area contributed by atoms with Crippen molar-refractivity contribution in [3.8, 4) is 11.5 Å². The molecule has 1 heterocycles. The van der Waals surface area contributed by atoms with Gasteiger partial charge in [-0.15, -0.1) is 0 Å². The highest BCUT2D eigenvalue weighted by Gasteiger charge is 2.15. The van der Waals surface area contributed by atoms with Gasteiger partial charge in [0.05, 0.1) is 19.7 Å². The van der Waals surface area contributed by atoms with Crippen LogP contribution in [0, 0.1) is 0 Å². The third-order valence-electron chi connectivity index (χ3n) is 3.44. The fourth-order valence-corrected chi connectivity index (χ4v) is 2.56. The zero-order valence-corrected chi connectivity index (χ0v) is 12.1. The zero-order chi connectivity index (χ0) is 13.8. The average Bonchev–Trinajstić information content (AvgIpc) is 2.76. The molecule has 0 aliphatic rings. The van der Waals surface area contributed by atoms with Crippen LogP contribution in [0.4, 0.5) is 0 Å². The van der Waals surface area contributed by atoms with E-state index in [1.54, 1.807) is 14.2 Å². The summed E-state index contributed by atoms with van der Waals surface area (Å²) in [5.74, 6) is 1.80. The molecule has 2 aromatic rings. The highest BCUT2D eigenvalue weighted by molar-refractivity contribution is 5.94. The fourth-order valence-electron chi connectivity index (χ4n) is 2.56. The van der Waals surface area contributed by atoms with Gasteiger partial charge in [0, 0.05) is 18.6 Å². The van der Waals surface area contributed by atoms with Crippen LogP contribution in [0.2, 0.25) is 0 Å². The van der Waals surface area contributed by atoms with Crippen LogP contribution in [0.1, 0.15) is 12.0 Å². The molecule has 0 aliphatic heterocycles. The van der Waals surface area contributed by atoms with Gasteiger partial charge < -0.3 is 19.4 Å². The zero-order valence-electron chi connectivity index (χ0n) is 12.1. The van der Waals surface area contributed by atoms with Crippen molar-refractivity contribution in [3.05, 3.63) is 23.9 Å². The summed E-state index contributed by atoms with van der Waals surface area (Å²) in [5, 5.41) is 4.35. The second-order valence-corrected chi connectivity index (χ2v) is 4.67. The number of fused-ring (bicyclic) bond motifs is 1. The van der Waals surface area contributed by atoms with Gasteiger partial charge in [0.15, 0.2) is 0 Å². The van der Waals surface area contributed by atoms with Gasteiger partial charge >= 0.3 is 0 Å². The molecule has 0 radical (unpaired) electrons. The Morgan fingerprint density at radius 2 is 1.84 bits per heavy atom. The number of hydrogen-bond donors (Lipinski definition) is 1. The molecule has 0 atom stereocenters. The smallest absolute Gasteiger partial charge is 0.143 e. The number of benzene rings is 1. The molecule has 0 bridgehead atoms. The van der Waals surface area contributed by atoms with Crippen LogP contribution in [0.25, 0.3) is 10.9 Å². The van der Waals surface area contributed by atoms with Crippen molar-refractivity contribution in [2.75, 3.05) is 27.8 Å². The van der Waals surface area contributed by atoms with E-state index in [-0.39, 0.29) is 0 Å². The molecule has 19 heavy (non-hydrogen) atoms. The molecule has 2 rings (SSSR count). The normalized spacial score (nSPS) is 10.9. The summed E-state index contributed by atoms with van der Waals surface area (Å²) in [4.78, 5) is 0. The lowest BCUT2D eigenvalue weighted by Crippen LogP contribution is -2.08. The molecule has 0 unspecified atom stereocenters. The van der Waals surface area contributed by atoms with Crippen molar-refractivity contribution >= 4 is 10.9 Å². The molecule has 0 saturated heterocycles. The van der Waals surface area contributed by atoms with E-state index in [2.05, 4.69) is 16.1 Å². The van der Waals surface area contributed by atoms with E-state index in [1.807, 2.05) is 26.2 Å². The molecule has 104 valence electrons. The van der Waals surface area contributed by atoms with E-state index in [9.17, 15) is 0 Å². The lowest BCUT2D eigenvalue weighted by molar-refractivity contribution is 0.409. The molecule has 0 saturated carbocycles. The Hall–Kier alpha value is -1.68. The quantitative estimate of drug-likeness (QED) is 0.812. The predicted molar refractivity (Wildman–Crippen MR) is 78.3 cm³/mol. The van der Waals surface area contributed by atoms with Gasteiger partial charge in [0.2, 0.25) is 0 Å². The van der Waals surface area contributed by atoms with Crippen molar-refractivity contribution < 1.29 is 9.47 Å². The van der Waals surface area contributed by atoms with Crippen molar-refractivity contribution in [1.29, 1.82) is 0 Å². The first-order chi connectivity index (χ1) is 9.22. The molecule has 0 fully saturated rings. The first-order valence-corrected chi connectivity index (χ1v) is 6.56. The first kappa shape index (κ1) is 13.7. The van der Waals surface area contributed by atoms with Crippen LogP contribution in [-0.4, -0.2) is 32.4 Å². The van der Waals surface area contributed by atoms with E-state index in [1.165, 1.54) is 10.9 Å². The minimum atomic E-state index is 0.887. The van der Waals surface area contributed by atoms with Crippen LogP contribution in [0.5, 0.6) is 11.5 Å². The molecule has 0 spiro atoms. The maximum Gasteiger partial charge on any atom is 0.143 e. The molecule has 4 nitrogen and oxygen atoms in total. The molecule has 0 aliphatic carbocycles. The molecule has 1 aromatic carbocycles. The highest BCUT2D eigenvalue weighted by atomic mass is 16.5. The van der Waals surface area contributed by atoms with Crippen LogP contribution in [-0.2, 0) is 13.5 Å². The van der Waals surface area contributed by atoms with Gasteiger partial charge in [-0.25, -0.2) is 0 Å². The Morgan fingerprint density at radius 1 is 1.16 bits per heavy atom. The molecule has 0 amide bonds. The van der Waals surface area contributed by atoms with Crippen LogP contribution in [0.3, 0.4) is 0 Å². The van der Waals surface area contributed by atoms with Crippen molar-refractivity contribution in [2.45, 2.75) is 12.8 Å². The second kappa shape index (κ2) is 5.97. The number of rotatable bonds is 6. The largest absolute Gasteiger partial charge is 0.496 e. The van der Waals surface area contributed by atoms with Gasteiger partial charge in [-0.2, -0.15) is 0 Å². The SMILES string of the molecule is CNCCCc1cn(C)c2c(OC)ccc(OC)c12. The Balaban J connectivity index is 2.52. The fraction of sp³-hybridized carbons (Fsp3) is 0.467. The van der Waals surface area contributed by atoms with Gasteiger partial charge in [-0.1, -0.05) is 0 Å². The van der Waals surface area contributed by atoms with Crippen molar-refractivity contribution in [1.82, 2.24) is 9.88 Å².